The van der Waals surface area contributed by atoms with E-state index in [1.54, 1.807) is 34.2 Å². The van der Waals surface area contributed by atoms with Crippen LogP contribution in [-0.2, 0) is 9.53 Å². The van der Waals surface area contributed by atoms with Gasteiger partial charge in [0.05, 0.1) is 13.2 Å². The molecule has 1 aromatic heterocycles. The minimum absolute atomic E-state index is 0.00430. The molecule has 3 fully saturated rings. The van der Waals surface area contributed by atoms with Crippen LogP contribution in [0.5, 0.6) is 0 Å². The summed E-state index contributed by atoms with van der Waals surface area (Å²) < 4.78 is 4.85. The zero-order valence-corrected chi connectivity index (χ0v) is 14.9. The van der Waals surface area contributed by atoms with E-state index in [9.17, 15) is 19.5 Å². The molecule has 1 aromatic rings. The van der Waals surface area contributed by atoms with Crippen molar-refractivity contribution < 1.29 is 24.2 Å². The first-order valence-electron chi connectivity index (χ1n) is 9.03. The Labute approximate surface area is 156 Å². The topological polar surface area (TPSA) is 103 Å². The van der Waals surface area contributed by atoms with E-state index in [-0.39, 0.29) is 30.9 Å². The van der Waals surface area contributed by atoms with Crippen LogP contribution in [0, 0.1) is 11.3 Å². The number of pyridine rings is 1. The largest absolute Gasteiger partial charge is 0.448 e. The molecule has 2 unspecified atom stereocenters. The molecular formula is C18H22N4O5. The molecule has 3 saturated heterocycles. The molecule has 3 amide bonds. The molecule has 0 aliphatic carbocycles. The fourth-order valence-electron chi connectivity index (χ4n) is 4.23. The third kappa shape index (κ3) is 3.12. The summed E-state index contributed by atoms with van der Waals surface area (Å²) in [7, 11) is 0. The van der Waals surface area contributed by atoms with Crippen LogP contribution >= 0.6 is 0 Å². The summed E-state index contributed by atoms with van der Waals surface area (Å²) in [6.45, 7) is 2.32. The minimum Gasteiger partial charge on any atom is -0.448 e. The van der Waals surface area contributed by atoms with Gasteiger partial charge in [-0.3, -0.25) is 19.5 Å². The van der Waals surface area contributed by atoms with E-state index in [4.69, 9.17) is 4.74 Å². The predicted octanol–water partition coefficient (Wildman–Crippen LogP) is -0.573. The number of ether oxygens (including phenoxy) is 1. The summed E-state index contributed by atoms with van der Waals surface area (Å²) in [6.07, 6.45) is 1.11. The highest BCUT2D eigenvalue weighted by Crippen LogP contribution is 2.42. The normalized spacial score (nSPS) is 27.1. The lowest BCUT2D eigenvalue weighted by atomic mass is 9.82. The van der Waals surface area contributed by atoms with Crippen LogP contribution < -0.4 is 0 Å². The van der Waals surface area contributed by atoms with Crippen molar-refractivity contribution in [2.24, 2.45) is 11.3 Å². The van der Waals surface area contributed by atoms with Gasteiger partial charge in [-0.25, -0.2) is 4.79 Å². The highest BCUT2D eigenvalue weighted by atomic mass is 16.6. The summed E-state index contributed by atoms with van der Waals surface area (Å²) in [5.74, 6) is -0.307. The summed E-state index contributed by atoms with van der Waals surface area (Å²) in [4.78, 5) is 45.7. The van der Waals surface area contributed by atoms with Gasteiger partial charge < -0.3 is 19.6 Å². The molecule has 0 aromatic carbocycles. The van der Waals surface area contributed by atoms with Crippen molar-refractivity contribution in [1.29, 1.82) is 0 Å². The highest BCUT2D eigenvalue weighted by molar-refractivity contribution is 5.92. The van der Waals surface area contributed by atoms with Crippen LogP contribution in [0.3, 0.4) is 0 Å². The number of likely N-dealkylation sites (tertiary alicyclic amines) is 2. The molecule has 3 aliphatic heterocycles. The quantitative estimate of drug-likeness (QED) is 0.757. The molecule has 3 aliphatic rings. The van der Waals surface area contributed by atoms with Gasteiger partial charge in [-0.1, -0.05) is 6.07 Å². The second-order valence-electron chi connectivity index (χ2n) is 7.43. The maximum atomic E-state index is 12.7. The molecule has 0 radical (unpaired) electrons. The van der Waals surface area contributed by atoms with Crippen molar-refractivity contribution in [1.82, 2.24) is 19.7 Å². The summed E-state index contributed by atoms with van der Waals surface area (Å²) in [5, 5.41) is 10.0. The number of hydrogen-bond acceptors (Lipinski definition) is 6. The molecular weight excluding hydrogens is 352 g/mol. The molecule has 0 saturated carbocycles. The van der Waals surface area contributed by atoms with Gasteiger partial charge in [0.1, 0.15) is 18.8 Å². The van der Waals surface area contributed by atoms with E-state index in [1.807, 2.05) is 0 Å². The standard InChI is InChI=1S/C18H22N4O5/c23-12-18-10-21(15(24)9-20-5-6-27-17(20)26)7-13(18)8-22(11-18)16(25)14-3-1-2-4-19-14/h1-4,13,23H,5-12H2. The van der Waals surface area contributed by atoms with E-state index < -0.39 is 11.5 Å². The number of carbonyl (C=O) groups excluding carboxylic acids is 3. The van der Waals surface area contributed by atoms with Crippen molar-refractivity contribution in [3.63, 3.8) is 0 Å². The Morgan fingerprint density at radius 3 is 2.67 bits per heavy atom. The lowest BCUT2D eigenvalue weighted by Gasteiger charge is -2.27. The van der Waals surface area contributed by atoms with E-state index >= 15 is 0 Å². The van der Waals surface area contributed by atoms with Crippen LogP contribution in [-0.4, -0.2) is 95.2 Å². The third-order valence-corrected chi connectivity index (χ3v) is 5.77. The minimum atomic E-state index is -0.522. The van der Waals surface area contributed by atoms with E-state index in [0.29, 0.717) is 45.0 Å². The second-order valence-corrected chi connectivity index (χ2v) is 7.43. The molecule has 4 rings (SSSR count). The molecule has 9 nitrogen and oxygen atoms in total. The molecule has 2 atom stereocenters. The van der Waals surface area contributed by atoms with Gasteiger partial charge >= 0.3 is 6.09 Å². The number of aliphatic hydroxyl groups is 1. The molecule has 27 heavy (non-hydrogen) atoms. The number of cyclic esters (lactones) is 1. The summed E-state index contributed by atoms with van der Waals surface area (Å²) in [6, 6.07) is 5.19. The molecule has 1 N–H and O–H groups in total. The second kappa shape index (κ2) is 6.80. The number of aromatic nitrogens is 1. The maximum Gasteiger partial charge on any atom is 0.410 e. The van der Waals surface area contributed by atoms with Crippen LogP contribution in [0.15, 0.2) is 24.4 Å². The number of carbonyl (C=O) groups is 3. The number of fused-ring (bicyclic) bond motifs is 1. The number of rotatable bonds is 4. The van der Waals surface area contributed by atoms with Crippen LogP contribution in [0.1, 0.15) is 10.5 Å². The first kappa shape index (κ1) is 17.7. The average molecular weight is 374 g/mol. The van der Waals surface area contributed by atoms with Crippen molar-refractivity contribution in [2.75, 3.05) is 52.5 Å². The Morgan fingerprint density at radius 2 is 2.04 bits per heavy atom. The monoisotopic (exact) mass is 374 g/mol. The first-order valence-corrected chi connectivity index (χ1v) is 9.03. The Hall–Kier alpha value is -2.68. The van der Waals surface area contributed by atoms with Gasteiger partial charge in [-0.05, 0) is 12.1 Å². The van der Waals surface area contributed by atoms with Gasteiger partial charge in [0, 0.05) is 43.7 Å². The van der Waals surface area contributed by atoms with E-state index in [2.05, 4.69) is 4.98 Å². The zero-order chi connectivity index (χ0) is 19.0. The van der Waals surface area contributed by atoms with Crippen LogP contribution in [0.4, 0.5) is 4.79 Å². The van der Waals surface area contributed by atoms with Gasteiger partial charge in [-0.15, -0.1) is 0 Å². The fraction of sp³-hybridized carbons (Fsp3) is 0.556. The summed E-state index contributed by atoms with van der Waals surface area (Å²) in [5.41, 5.74) is -0.142. The fourth-order valence-corrected chi connectivity index (χ4v) is 4.23. The molecule has 144 valence electrons. The number of amides is 3. The molecule has 4 heterocycles. The molecule has 0 spiro atoms. The number of hydrogen-bond donors (Lipinski definition) is 1. The van der Waals surface area contributed by atoms with Crippen LogP contribution in [0.2, 0.25) is 0 Å². The lowest BCUT2D eigenvalue weighted by Crippen LogP contribution is -2.44. The van der Waals surface area contributed by atoms with Crippen molar-refractivity contribution in [3.05, 3.63) is 30.1 Å². The lowest BCUT2D eigenvalue weighted by molar-refractivity contribution is -0.131. The van der Waals surface area contributed by atoms with Crippen molar-refractivity contribution in [2.45, 2.75) is 0 Å². The number of nitrogens with zero attached hydrogens (tertiary/aromatic N) is 4. The molecule has 9 heteroatoms. The average Bonchev–Trinajstić information content (AvgIpc) is 3.34. The Morgan fingerprint density at radius 1 is 1.26 bits per heavy atom. The van der Waals surface area contributed by atoms with Crippen LogP contribution in [0.25, 0.3) is 0 Å². The van der Waals surface area contributed by atoms with Gasteiger partial charge in [0.2, 0.25) is 5.91 Å². The Kier molecular flexibility index (Phi) is 4.47. The Bertz CT molecular complexity index is 757. The number of aliphatic hydroxyl groups excluding tert-OH is 1. The van der Waals surface area contributed by atoms with Gasteiger partial charge in [0.25, 0.3) is 5.91 Å². The first-order chi connectivity index (χ1) is 13.0. The molecule has 0 bridgehead atoms. The van der Waals surface area contributed by atoms with E-state index in [0.717, 1.165) is 0 Å². The SMILES string of the molecule is O=C(CN1CCOC1=O)N1CC2CN(C(=O)c3ccccn3)CC2(CO)C1. The Balaban J connectivity index is 1.41. The highest BCUT2D eigenvalue weighted by Gasteiger charge is 2.54. The summed E-state index contributed by atoms with van der Waals surface area (Å²) >= 11 is 0. The van der Waals surface area contributed by atoms with Gasteiger partial charge in [0.15, 0.2) is 0 Å². The van der Waals surface area contributed by atoms with Gasteiger partial charge in [-0.2, -0.15) is 0 Å². The predicted molar refractivity (Wildman–Crippen MR) is 92.7 cm³/mol. The maximum absolute atomic E-state index is 12.7. The zero-order valence-electron chi connectivity index (χ0n) is 14.9. The van der Waals surface area contributed by atoms with Crippen molar-refractivity contribution >= 4 is 17.9 Å². The third-order valence-electron chi connectivity index (χ3n) is 5.77. The van der Waals surface area contributed by atoms with Crippen molar-refractivity contribution in [3.8, 4) is 0 Å². The van der Waals surface area contributed by atoms with E-state index in [1.165, 1.54) is 4.90 Å². The smallest absolute Gasteiger partial charge is 0.410 e.